The van der Waals surface area contributed by atoms with Gasteiger partial charge in [0, 0.05) is 63.6 Å². The van der Waals surface area contributed by atoms with E-state index in [-0.39, 0.29) is 17.7 Å². The summed E-state index contributed by atoms with van der Waals surface area (Å²) in [6.45, 7) is 8.32. The third kappa shape index (κ3) is 9.43. The van der Waals surface area contributed by atoms with Crippen LogP contribution in [0.25, 0.3) is 0 Å². The first-order valence-electron chi connectivity index (χ1n) is 16.0. The Labute approximate surface area is 261 Å². The van der Waals surface area contributed by atoms with Crippen LogP contribution >= 0.6 is 0 Å². The van der Waals surface area contributed by atoms with Crippen molar-refractivity contribution in [3.05, 3.63) is 29.6 Å². The van der Waals surface area contributed by atoms with Crippen LogP contribution in [0, 0.1) is 0 Å². The number of anilines is 4. The van der Waals surface area contributed by atoms with Crippen molar-refractivity contribution in [2.75, 3.05) is 75.7 Å². The molecule has 2 aliphatic rings. The number of carbonyl (C=O) groups is 2. The average Bonchev–Trinajstić information content (AvgIpc) is 3.05. The Balaban J connectivity index is 1.34. The Kier molecular flexibility index (Phi) is 12.9. The molecule has 2 saturated heterocycles. The van der Waals surface area contributed by atoms with Gasteiger partial charge in [0.2, 0.25) is 0 Å². The number of nitrogens with two attached hydrogens (primary N) is 1. The fourth-order valence-corrected chi connectivity index (χ4v) is 5.73. The third-order valence-electron chi connectivity index (χ3n) is 8.34. The Morgan fingerprint density at radius 1 is 1.00 bits per heavy atom. The molecule has 2 fully saturated rings. The number of esters is 1. The molecule has 2 aliphatic heterocycles. The fraction of sp³-hybridized carbons (Fsp3) is 0.625. The van der Waals surface area contributed by atoms with E-state index in [0.717, 1.165) is 82.0 Å². The van der Waals surface area contributed by atoms with Crippen LogP contribution in [-0.2, 0) is 20.7 Å². The maximum absolute atomic E-state index is 12.3. The summed E-state index contributed by atoms with van der Waals surface area (Å²) in [4.78, 5) is 37.8. The summed E-state index contributed by atoms with van der Waals surface area (Å²) in [7, 11) is 3.11. The van der Waals surface area contributed by atoms with Crippen molar-refractivity contribution in [1.82, 2.24) is 14.9 Å². The molecule has 0 unspecified atom stereocenters. The van der Waals surface area contributed by atoms with Crippen molar-refractivity contribution in [3.63, 3.8) is 0 Å². The quantitative estimate of drug-likeness (QED) is 0.186. The molecule has 0 aliphatic carbocycles. The van der Waals surface area contributed by atoms with Crippen molar-refractivity contribution in [2.24, 2.45) is 5.73 Å². The van der Waals surface area contributed by atoms with Gasteiger partial charge in [0.05, 0.1) is 25.6 Å². The number of amides is 1. The number of unbranched alkanes of at least 4 members (excludes halogenated alkanes) is 4. The summed E-state index contributed by atoms with van der Waals surface area (Å²) < 4.78 is 16.0. The third-order valence-corrected chi connectivity index (χ3v) is 8.34. The van der Waals surface area contributed by atoms with Crippen LogP contribution in [0.4, 0.5) is 23.0 Å². The van der Waals surface area contributed by atoms with Gasteiger partial charge in [0.1, 0.15) is 5.75 Å². The molecule has 4 N–H and O–H groups in total. The van der Waals surface area contributed by atoms with Gasteiger partial charge in [-0.1, -0.05) is 26.2 Å². The van der Waals surface area contributed by atoms with Crippen molar-refractivity contribution in [2.45, 2.75) is 70.8 Å². The van der Waals surface area contributed by atoms with E-state index >= 15 is 0 Å². The molecule has 0 atom stereocenters. The number of hydrogen-bond donors (Lipinski definition) is 3. The zero-order chi connectivity index (χ0) is 31.3. The smallest absolute Gasteiger partial charge is 0.305 e. The highest BCUT2D eigenvalue weighted by molar-refractivity contribution is 5.96. The van der Waals surface area contributed by atoms with Crippen LogP contribution in [0.3, 0.4) is 0 Å². The van der Waals surface area contributed by atoms with Crippen molar-refractivity contribution >= 4 is 34.9 Å². The highest BCUT2D eigenvalue weighted by Crippen LogP contribution is 2.34. The van der Waals surface area contributed by atoms with Gasteiger partial charge in [-0.2, -0.15) is 0 Å². The number of piperazine rings is 1. The van der Waals surface area contributed by atoms with E-state index < -0.39 is 5.91 Å². The van der Waals surface area contributed by atoms with Crippen LogP contribution in [0.1, 0.15) is 74.5 Å². The molecule has 1 amide bonds. The summed E-state index contributed by atoms with van der Waals surface area (Å²) in [5.74, 6) is 0.969. The van der Waals surface area contributed by atoms with E-state index in [9.17, 15) is 9.59 Å². The zero-order valence-corrected chi connectivity index (χ0v) is 26.5. The second kappa shape index (κ2) is 17.0. The second-order valence-electron chi connectivity index (χ2n) is 11.4. The number of nitrogens with zero attached hydrogens (tertiary/aromatic N) is 4. The van der Waals surface area contributed by atoms with Gasteiger partial charge >= 0.3 is 5.97 Å². The molecule has 242 valence electrons. The molecule has 44 heavy (non-hydrogen) atoms. The Morgan fingerprint density at radius 3 is 2.41 bits per heavy atom. The lowest BCUT2D eigenvalue weighted by Gasteiger charge is -2.36. The Morgan fingerprint density at radius 2 is 1.73 bits per heavy atom. The SMILES string of the molecule is CCc1nc(C(N)=O)c(Nc2ccc(N3CCN(CCCCCCCC(=O)OC)CC3)c(OC)c2)nc1NC1CCOCC1. The first-order valence-corrected chi connectivity index (χ1v) is 16.0. The topological polar surface area (TPSA) is 144 Å². The van der Waals surface area contributed by atoms with E-state index in [4.69, 9.17) is 24.9 Å². The molecule has 0 saturated carbocycles. The molecule has 12 nitrogen and oxygen atoms in total. The molecule has 1 aromatic carbocycles. The molecule has 4 rings (SSSR count). The maximum Gasteiger partial charge on any atom is 0.305 e. The van der Waals surface area contributed by atoms with Crippen molar-refractivity contribution in [1.29, 1.82) is 0 Å². The van der Waals surface area contributed by atoms with Gasteiger partial charge in [0.15, 0.2) is 17.3 Å². The molecule has 0 radical (unpaired) electrons. The van der Waals surface area contributed by atoms with Crippen LogP contribution in [0.5, 0.6) is 5.75 Å². The Hall–Kier alpha value is -3.64. The molecule has 0 spiro atoms. The Bertz CT molecular complexity index is 1230. The number of ether oxygens (including phenoxy) is 3. The minimum atomic E-state index is -0.632. The van der Waals surface area contributed by atoms with E-state index in [0.29, 0.717) is 43.4 Å². The number of hydrogen-bond acceptors (Lipinski definition) is 11. The lowest BCUT2D eigenvalue weighted by Crippen LogP contribution is -2.46. The maximum atomic E-state index is 12.3. The fourth-order valence-electron chi connectivity index (χ4n) is 5.73. The van der Waals surface area contributed by atoms with Gasteiger partial charge in [-0.05, 0) is 50.8 Å². The van der Waals surface area contributed by atoms with E-state index in [2.05, 4.69) is 25.4 Å². The second-order valence-corrected chi connectivity index (χ2v) is 11.4. The summed E-state index contributed by atoms with van der Waals surface area (Å²) in [6.07, 6.45) is 8.39. The highest BCUT2D eigenvalue weighted by Gasteiger charge is 2.23. The summed E-state index contributed by atoms with van der Waals surface area (Å²) in [5, 5.41) is 6.78. The summed E-state index contributed by atoms with van der Waals surface area (Å²) in [6, 6.07) is 6.17. The van der Waals surface area contributed by atoms with Gasteiger partial charge in [-0.25, -0.2) is 9.97 Å². The van der Waals surface area contributed by atoms with Crippen LogP contribution in [-0.4, -0.2) is 92.9 Å². The lowest BCUT2D eigenvalue weighted by molar-refractivity contribution is -0.140. The predicted molar refractivity (Wildman–Crippen MR) is 172 cm³/mol. The van der Waals surface area contributed by atoms with E-state index in [1.165, 1.54) is 20.0 Å². The average molecular weight is 612 g/mol. The predicted octanol–water partition coefficient (Wildman–Crippen LogP) is 4.12. The largest absolute Gasteiger partial charge is 0.495 e. The van der Waals surface area contributed by atoms with Crippen LogP contribution in [0.2, 0.25) is 0 Å². The number of rotatable bonds is 16. The van der Waals surface area contributed by atoms with Crippen LogP contribution in [0.15, 0.2) is 18.2 Å². The van der Waals surface area contributed by atoms with Gasteiger partial charge < -0.3 is 35.5 Å². The zero-order valence-electron chi connectivity index (χ0n) is 26.5. The van der Waals surface area contributed by atoms with Crippen molar-refractivity contribution < 1.29 is 23.8 Å². The monoisotopic (exact) mass is 611 g/mol. The molecular formula is C32H49N7O5. The molecule has 12 heteroatoms. The number of aryl methyl sites for hydroxylation is 1. The number of aromatic nitrogens is 2. The van der Waals surface area contributed by atoms with E-state index in [1.807, 2.05) is 25.1 Å². The number of nitrogens with one attached hydrogen (secondary N) is 2. The lowest BCUT2D eigenvalue weighted by atomic mass is 10.1. The minimum Gasteiger partial charge on any atom is -0.495 e. The van der Waals surface area contributed by atoms with Crippen molar-refractivity contribution in [3.8, 4) is 5.75 Å². The van der Waals surface area contributed by atoms with Gasteiger partial charge in [-0.3, -0.25) is 14.5 Å². The number of carbonyl (C=O) groups excluding carboxylic acids is 2. The first kappa shape index (κ1) is 33.3. The van der Waals surface area contributed by atoms with Gasteiger partial charge in [0.25, 0.3) is 5.91 Å². The molecule has 1 aromatic heterocycles. The number of methoxy groups -OCH3 is 2. The molecule has 3 heterocycles. The summed E-state index contributed by atoms with van der Waals surface area (Å²) in [5.41, 5.74) is 8.30. The molecular weight excluding hydrogens is 562 g/mol. The first-order chi connectivity index (χ1) is 21.4. The van der Waals surface area contributed by atoms with Crippen LogP contribution < -0.4 is 26.0 Å². The standard InChI is InChI=1S/C32H49N7O5/c1-4-25-31(34-23-13-20-44-21-14-23)37-32(29(36-25)30(33)41)35-24-11-12-26(27(22-24)42-2)39-18-16-38(17-19-39)15-9-7-5-6-8-10-28(40)43-3/h11-12,22-23H,4-10,13-21H2,1-3H3,(H2,33,41)(H2,34,35,37). The number of primary amides is 1. The minimum absolute atomic E-state index is 0.111. The highest BCUT2D eigenvalue weighted by atomic mass is 16.5. The number of benzene rings is 1. The normalized spacial score (nSPS) is 16.0. The van der Waals surface area contributed by atoms with Gasteiger partial charge in [-0.15, -0.1) is 0 Å². The molecule has 0 bridgehead atoms. The molecule has 2 aromatic rings. The van der Waals surface area contributed by atoms with E-state index in [1.54, 1.807) is 7.11 Å². The summed E-state index contributed by atoms with van der Waals surface area (Å²) >= 11 is 0.